The number of benzene rings is 1. The van der Waals surface area contributed by atoms with Crippen LogP contribution < -0.4 is 11.3 Å². The summed E-state index contributed by atoms with van der Waals surface area (Å²) in [6.45, 7) is 0. The Bertz CT molecular complexity index is 489. The number of fused-ring (bicyclic) bond motifs is 1. The molecule has 2 aromatic rings. The molecule has 2 heterocycles. The molecule has 1 saturated heterocycles. The summed E-state index contributed by atoms with van der Waals surface area (Å²) in [6.07, 6.45) is 0. The molecule has 0 aliphatic carbocycles. The Hall–Kier alpha value is -0.620. The molecule has 2 atom stereocenters. The summed E-state index contributed by atoms with van der Waals surface area (Å²) in [5, 5.41) is 1.62. The zero-order valence-electron chi connectivity index (χ0n) is 9.96. The fraction of sp³-hybridized carbons (Fsp3) is 0.385. The maximum Gasteiger partial charge on any atom is 0.134 e. The highest BCUT2D eigenvalue weighted by molar-refractivity contribution is 8.06. The van der Waals surface area contributed by atoms with Gasteiger partial charge in [-0.3, -0.25) is 5.84 Å². The molecule has 3 nitrogen and oxygen atoms in total. The number of thioether (sulfide) groups is 2. The van der Waals surface area contributed by atoms with Crippen LogP contribution in [0.15, 0.2) is 34.7 Å². The number of nitrogens with one attached hydrogen (secondary N) is 1. The van der Waals surface area contributed by atoms with Crippen LogP contribution in [0.3, 0.4) is 0 Å². The number of para-hydroxylation sites is 1. The van der Waals surface area contributed by atoms with Crippen LogP contribution in [-0.4, -0.2) is 22.5 Å². The van der Waals surface area contributed by atoms with E-state index in [-0.39, 0.29) is 6.04 Å². The second kappa shape index (κ2) is 5.57. The molecule has 18 heavy (non-hydrogen) atoms. The van der Waals surface area contributed by atoms with Crippen molar-refractivity contribution in [3.63, 3.8) is 0 Å². The number of hydrazine groups is 1. The normalized spacial score (nSPS) is 22.2. The van der Waals surface area contributed by atoms with E-state index in [0.29, 0.717) is 5.25 Å². The fourth-order valence-corrected chi connectivity index (χ4v) is 5.06. The van der Waals surface area contributed by atoms with Gasteiger partial charge in [-0.25, -0.2) is 5.43 Å². The molecule has 0 bridgehead atoms. The van der Waals surface area contributed by atoms with E-state index in [1.165, 1.54) is 11.5 Å². The molecule has 3 rings (SSSR count). The zero-order chi connectivity index (χ0) is 12.4. The zero-order valence-corrected chi connectivity index (χ0v) is 11.6. The standard InChI is InChI=1S/C13H16N2OS2/c14-15-13(12-8-17-5-6-18-12)11-7-9-3-1-2-4-10(9)16-11/h1-4,7,12-13,15H,5-6,8,14H2. The van der Waals surface area contributed by atoms with Gasteiger partial charge in [0.1, 0.15) is 11.3 Å². The summed E-state index contributed by atoms with van der Waals surface area (Å²) in [7, 11) is 0. The van der Waals surface area contributed by atoms with Crippen molar-refractivity contribution in [1.29, 1.82) is 0 Å². The third-order valence-electron chi connectivity index (χ3n) is 3.14. The SMILES string of the molecule is NNC(c1cc2ccccc2o1)C1CSCCS1. The van der Waals surface area contributed by atoms with E-state index in [2.05, 4.69) is 17.6 Å². The molecule has 1 aliphatic rings. The largest absolute Gasteiger partial charge is 0.459 e. The topological polar surface area (TPSA) is 51.2 Å². The summed E-state index contributed by atoms with van der Waals surface area (Å²) in [5.41, 5.74) is 3.85. The van der Waals surface area contributed by atoms with Crippen LogP contribution in [0.25, 0.3) is 11.0 Å². The van der Waals surface area contributed by atoms with E-state index in [1.54, 1.807) is 0 Å². The van der Waals surface area contributed by atoms with Crippen molar-refractivity contribution < 1.29 is 4.42 Å². The highest BCUT2D eigenvalue weighted by Crippen LogP contribution is 2.35. The van der Waals surface area contributed by atoms with Crippen molar-refractivity contribution in [1.82, 2.24) is 5.43 Å². The molecule has 2 unspecified atom stereocenters. The first-order valence-electron chi connectivity index (χ1n) is 6.02. The summed E-state index contributed by atoms with van der Waals surface area (Å²) >= 11 is 3.97. The first-order chi connectivity index (χ1) is 8.88. The van der Waals surface area contributed by atoms with Gasteiger partial charge >= 0.3 is 0 Å². The van der Waals surface area contributed by atoms with Crippen LogP contribution in [0, 0.1) is 0 Å². The maximum absolute atomic E-state index is 5.91. The van der Waals surface area contributed by atoms with Gasteiger partial charge in [0, 0.05) is 27.9 Å². The van der Waals surface area contributed by atoms with E-state index in [0.717, 1.165) is 22.5 Å². The van der Waals surface area contributed by atoms with Gasteiger partial charge in [-0.15, -0.1) is 0 Å². The first-order valence-corrected chi connectivity index (χ1v) is 8.23. The van der Waals surface area contributed by atoms with Crippen molar-refractivity contribution >= 4 is 34.5 Å². The summed E-state index contributed by atoms with van der Waals surface area (Å²) < 4.78 is 5.91. The molecule has 1 aromatic heterocycles. The van der Waals surface area contributed by atoms with Gasteiger partial charge in [-0.05, 0) is 12.1 Å². The van der Waals surface area contributed by atoms with Crippen LogP contribution >= 0.6 is 23.5 Å². The predicted octanol–water partition coefficient (Wildman–Crippen LogP) is 2.79. The molecular formula is C13H16N2OS2. The van der Waals surface area contributed by atoms with Gasteiger partial charge in [-0.1, -0.05) is 18.2 Å². The molecule has 96 valence electrons. The second-order valence-electron chi connectivity index (χ2n) is 4.32. The molecule has 1 fully saturated rings. The van der Waals surface area contributed by atoms with E-state index in [9.17, 15) is 0 Å². The highest BCUT2D eigenvalue weighted by Gasteiger charge is 2.27. The Morgan fingerprint density at radius 1 is 1.33 bits per heavy atom. The summed E-state index contributed by atoms with van der Waals surface area (Å²) in [4.78, 5) is 0. The monoisotopic (exact) mass is 280 g/mol. The number of hydrogen-bond acceptors (Lipinski definition) is 5. The molecule has 0 amide bonds. The van der Waals surface area contributed by atoms with Crippen LogP contribution in [0.5, 0.6) is 0 Å². The molecular weight excluding hydrogens is 264 g/mol. The van der Waals surface area contributed by atoms with Crippen molar-refractivity contribution in [2.45, 2.75) is 11.3 Å². The molecule has 5 heteroatoms. The highest BCUT2D eigenvalue weighted by atomic mass is 32.2. The average molecular weight is 280 g/mol. The second-order valence-corrected chi connectivity index (χ2v) is 6.81. The average Bonchev–Trinajstić information content (AvgIpc) is 2.84. The van der Waals surface area contributed by atoms with Crippen molar-refractivity contribution in [2.75, 3.05) is 17.3 Å². The molecule has 0 radical (unpaired) electrons. The van der Waals surface area contributed by atoms with Gasteiger partial charge in [0.2, 0.25) is 0 Å². The van der Waals surface area contributed by atoms with Crippen LogP contribution in [0.2, 0.25) is 0 Å². The molecule has 0 saturated carbocycles. The first kappa shape index (κ1) is 12.4. The lowest BCUT2D eigenvalue weighted by Crippen LogP contribution is -2.37. The third kappa shape index (κ3) is 2.40. The maximum atomic E-state index is 5.91. The van der Waals surface area contributed by atoms with Crippen LogP contribution in [0.4, 0.5) is 0 Å². The summed E-state index contributed by atoms with van der Waals surface area (Å²) in [5.74, 6) is 10.2. The molecule has 3 N–H and O–H groups in total. The van der Waals surface area contributed by atoms with Gasteiger partial charge < -0.3 is 4.42 Å². The quantitative estimate of drug-likeness (QED) is 0.669. The smallest absolute Gasteiger partial charge is 0.134 e. The third-order valence-corrected chi connectivity index (χ3v) is 6.01. The van der Waals surface area contributed by atoms with E-state index in [4.69, 9.17) is 10.3 Å². The Morgan fingerprint density at radius 2 is 2.22 bits per heavy atom. The fourth-order valence-electron chi connectivity index (χ4n) is 2.23. The molecule has 1 aliphatic heterocycles. The number of nitrogens with two attached hydrogens (primary N) is 1. The Balaban J connectivity index is 1.90. The minimum absolute atomic E-state index is 0.0928. The van der Waals surface area contributed by atoms with Gasteiger partial charge in [0.15, 0.2) is 0 Å². The van der Waals surface area contributed by atoms with Gasteiger partial charge in [0.25, 0.3) is 0 Å². The van der Waals surface area contributed by atoms with Crippen molar-refractivity contribution in [3.8, 4) is 0 Å². The van der Waals surface area contributed by atoms with Crippen LogP contribution in [-0.2, 0) is 0 Å². The number of rotatable bonds is 3. The van der Waals surface area contributed by atoms with Gasteiger partial charge in [0.05, 0.1) is 6.04 Å². The van der Waals surface area contributed by atoms with Crippen molar-refractivity contribution in [2.24, 2.45) is 5.84 Å². The van der Waals surface area contributed by atoms with Crippen molar-refractivity contribution in [3.05, 3.63) is 36.1 Å². The van der Waals surface area contributed by atoms with E-state index < -0.39 is 0 Å². The molecule has 1 aromatic carbocycles. The summed E-state index contributed by atoms with van der Waals surface area (Å²) in [6, 6.07) is 10.3. The molecule has 0 spiro atoms. The van der Waals surface area contributed by atoms with Crippen LogP contribution in [0.1, 0.15) is 11.8 Å². The lowest BCUT2D eigenvalue weighted by atomic mass is 10.1. The number of furan rings is 1. The lowest BCUT2D eigenvalue weighted by molar-refractivity contribution is 0.436. The predicted molar refractivity (Wildman–Crippen MR) is 79.8 cm³/mol. The van der Waals surface area contributed by atoms with Gasteiger partial charge in [-0.2, -0.15) is 23.5 Å². The lowest BCUT2D eigenvalue weighted by Gasteiger charge is -2.27. The number of hydrogen-bond donors (Lipinski definition) is 2. The Kier molecular flexibility index (Phi) is 3.84. The minimum atomic E-state index is 0.0928. The van der Waals surface area contributed by atoms with E-state index >= 15 is 0 Å². The Labute approximate surface area is 115 Å². The minimum Gasteiger partial charge on any atom is -0.459 e. The van der Waals surface area contributed by atoms with E-state index in [1.807, 2.05) is 41.7 Å². The Morgan fingerprint density at radius 3 is 2.94 bits per heavy atom.